The zero-order chi connectivity index (χ0) is 15.4. The van der Waals surface area contributed by atoms with Gasteiger partial charge in [0.05, 0.1) is 7.11 Å². The van der Waals surface area contributed by atoms with Crippen molar-refractivity contribution in [3.8, 4) is 11.3 Å². The van der Waals surface area contributed by atoms with Crippen molar-refractivity contribution >= 4 is 23.5 Å². The van der Waals surface area contributed by atoms with Crippen molar-refractivity contribution in [2.75, 3.05) is 12.4 Å². The van der Waals surface area contributed by atoms with E-state index >= 15 is 0 Å². The first kappa shape index (κ1) is 15.4. The van der Waals surface area contributed by atoms with E-state index in [1.54, 1.807) is 24.3 Å². The number of benzene rings is 1. The number of rotatable bonds is 5. The minimum absolute atomic E-state index is 0.152. The minimum atomic E-state index is -0.494. The summed E-state index contributed by atoms with van der Waals surface area (Å²) in [6.45, 7) is 4.03. The zero-order valence-electron chi connectivity index (χ0n) is 12.1. The summed E-state index contributed by atoms with van der Waals surface area (Å²) < 4.78 is 10.1. The zero-order valence-corrected chi connectivity index (χ0v) is 12.9. The van der Waals surface area contributed by atoms with E-state index in [4.69, 9.17) is 20.9 Å². The Bertz CT molecular complexity index is 622. The maximum Gasteiger partial charge on any atom is 0.345 e. The van der Waals surface area contributed by atoms with Gasteiger partial charge in [0.25, 0.3) is 0 Å². The number of nitrogens with zero attached hydrogens (tertiary/aromatic N) is 1. The van der Waals surface area contributed by atoms with Crippen molar-refractivity contribution in [2.24, 2.45) is 0 Å². The van der Waals surface area contributed by atoms with Crippen molar-refractivity contribution < 1.29 is 14.1 Å². The van der Waals surface area contributed by atoms with Gasteiger partial charge in [-0.1, -0.05) is 35.8 Å². The molecule has 0 amide bonds. The average molecular weight is 309 g/mol. The summed E-state index contributed by atoms with van der Waals surface area (Å²) in [6.07, 6.45) is 0.886. The minimum Gasteiger partial charge on any atom is -0.465 e. The highest BCUT2D eigenvalue weighted by molar-refractivity contribution is 6.30. The van der Waals surface area contributed by atoms with Gasteiger partial charge >= 0.3 is 5.97 Å². The molecule has 5 nitrogen and oxygen atoms in total. The van der Waals surface area contributed by atoms with Crippen molar-refractivity contribution in [3.05, 3.63) is 34.9 Å². The second-order valence-corrected chi connectivity index (χ2v) is 5.12. The van der Waals surface area contributed by atoms with E-state index in [0.29, 0.717) is 22.2 Å². The molecule has 1 N–H and O–H groups in total. The summed E-state index contributed by atoms with van der Waals surface area (Å²) in [7, 11) is 1.33. The Morgan fingerprint density at radius 2 is 2.10 bits per heavy atom. The largest absolute Gasteiger partial charge is 0.465 e. The Hall–Kier alpha value is -2.01. The Morgan fingerprint density at radius 1 is 1.43 bits per heavy atom. The molecule has 0 aliphatic carbocycles. The lowest BCUT2D eigenvalue weighted by Crippen LogP contribution is -2.15. The molecule has 112 valence electrons. The van der Waals surface area contributed by atoms with Crippen LogP contribution in [-0.2, 0) is 4.74 Å². The third-order valence-corrected chi connectivity index (χ3v) is 3.44. The number of ether oxygens (including phenoxy) is 1. The summed E-state index contributed by atoms with van der Waals surface area (Å²) in [5.41, 5.74) is 1.46. The van der Waals surface area contributed by atoms with Crippen molar-refractivity contribution in [3.63, 3.8) is 0 Å². The van der Waals surface area contributed by atoms with Gasteiger partial charge in [0.15, 0.2) is 5.56 Å². The first-order valence-electron chi connectivity index (χ1n) is 6.67. The topological polar surface area (TPSA) is 64.4 Å². The number of halogens is 1. The van der Waals surface area contributed by atoms with Crippen LogP contribution in [0.3, 0.4) is 0 Å². The van der Waals surface area contributed by atoms with Gasteiger partial charge in [0.1, 0.15) is 5.69 Å². The van der Waals surface area contributed by atoms with Crippen molar-refractivity contribution in [1.29, 1.82) is 0 Å². The van der Waals surface area contributed by atoms with E-state index in [9.17, 15) is 4.79 Å². The molecule has 0 bridgehead atoms. The molecule has 0 fully saturated rings. The van der Waals surface area contributed by atoms with Gasteiger partial charge in [-0.2, -0.15) is 0 Å². The molecule has 21 heavy (non-hydrogen) atoms. The lowest BCUT2D eigenvalue weighted by Gasteiger charge is -2.10. The molecular formula is C15H17ClN2O3. The summed E-state index contributed by atoms with van der Waals surface area (Å²) in [4.78, 5) is 12.0. The van der Waals surface area contributed by atoms with E-state index in [1.165, 1.54) is 7.11 Å². The van der Waals surface area contributed by atoms with Crippen LogP contribution in [0.1, 0.15) is 30.6 Å². The first-order chi connectivity index (χ1) is 10.1. The molecule has 1 atom stereocenters. The molecule has 2 aromatic rings. The normalized spacial score (nSPS) is 12.0. The highest BCUT2D eigenvalue weighted by Crippen LogP contribution is 2.30. The van der Waals surface area contributed by atoms with Gasteiger partial charge in [-0.15, -0.1) is 0 Å². The predicted octanol–water partition coefficient (Wildman–Crippen LogP) is 3.99. The van der Waals surface area contributed by atoms with Crippen LogP contribution < -0.4 is 5.32 Å². The van der Waals surface area contributed by atoms with Crippen molar-refractivity contribution in [1.82, 2.24) is 5.16 Å². The summed E-state index contributed by atoms with van der Waals surface area (Å²) >= 11 is 5.87. The van der Waals surface area contributed by atoms with E-state index in [-0.39, 0.29) is 6.04 Å². The number of carbonyl (C=O) groups excluding carboxylic acids is 1. The van der Waals surface area contributed by atoms with E-state index in [1.807, 2.05) is 13.8 Å². The SMILES string of the molecule is CCC(C)Nc1onc(-c2ccc(Cl)cc2)c1C(=O)OC. The molecule has 1 heterocycles. The Labute approximate surface area is 128 Å². The third-order valence-electron chi connectivity index (χ3n) is 3.19. The molecule has 0 radical (unpaired) electrons. The fourth-order valence-corrected chi connectivity index (χ4v) is 1.94. The number of carbonyl (C=O) groups is 1. The number of anilines is 1. The standard InChI is InChI=1S/C15H17ClN2O3/c1-4-9(2)17-14-12(15(19)20-3)13(18-21-14)10-5-7-11(16)8-6-10/h5-9,17H,4H2,1-3H3. The Morgan fingerprint density at radius 3 is 2.67 bits per heavy atom. The smallest absolute Gasteiger partial charge is 0.345 e. The molecule has 1 unspecified atom stereocenters. The number of hydrogen-bond donors (Lipinski definition) is 1. The van der Waals surface area contributed by atoms with Crippen molar-refractivity contribution in [2.45, 2.75) is 26.3 Å². The fraction of sp³-hybridized carbons (Fsp3) is 0.333. The fourth-order valence-electron chi connectivity index (χ4n) is 1.81. The Balaban J connectivity index is 2.46. The second-order valence-electron chi connectivity index (χ2n) is 4.69. The quantitative estimate of drug-likeness (QED) is 0.846. The number of aromatic nitrogens is 1. The molecule has 0 saturated carbocycles. The van der Waals surface area contributed by atoms with Crippen LogP contribution in [0.15, 0.2) is 28.8 Å². The van der Waals surface area contributed by atoms with Gasteiger partial charge in [-0.25, -0.2) is 4.79 Å². The maximum atomic E-state index is 12.0. The lowest BCUT2D eigenvalue weighted by atomic mass is 10.1. The summed E-state index contributed by atoms with van der Waals surface area (Å²) in [6, 6.07) is 7.17. The van der Waals surface area contributed by atoms with Crippen LogP contribution in [0.5, 0.6) is 0 Å². The van der Waals surface area contributed by atoms with Crippen LogP contribution in [-0.4, -0.2) is 24.3 Å². The van der Waals surface area contributed by atoms with Crippen LogP contribution >= 0.6 is 11.6 Å². The van der Waals surface area contributed by atoms with Gasteiger partial charge in [-0.05, 0) is 25.5 Å². The number of methoxy groups -OCH3 is 1. The highest BCUT2D eigenvalue weighted by Gasteiger charge is 2.25. The first-order valence-corrected chi connectivity index (χ1v) is 7.05. The van der Waals surface area contributed by atoms with Crippen LogP contribution in [0.25, 0.3) is 11.3 Å². The van der Waals surface area contributed by atoms with Gasteiger partial charge in [0.2, 0.25) is 5.88 Å². The molecule has 0 aliphatic rings. The number of esters is 1. The second kappa shape index (κ2) is 6.63. The monoisotopic (exact) mass is 308 g/mol. The highest BCUT2D eigenvalue weighted by atomic mass is 35.5. The molecule has 0 saturated heterocycles. The Kier molecular flexibility index (Phi) is 4.85. The van der Waals surface area contributed by atoms with Crippen LogP contribution in [0, 0.1) is 0 Å². The van der Waals surface area contributed by atoms with Gasteiger partial charge < -0.3 is 14.6 Å². The number of hydrogen-bond acceptors (Lipinski definition) is 5. The molecular weight excluding hydrogens is 292 g/mol. The molecule has 6 heteroatoms. The molecule has 1 aromatic heterocycles. The summed E-state index contributed by atoms with van der Waals surface area (Å²) in [5, 5.41) is 7.72. The third kappa shape index (κ3) is 3.36. The van der Waals surface area contributed by atoms with E-state index in [0.717, 1.165) is 12.0 Å². The van der Waals surface area contributed by atoms with Gasteiger partial charge in [-0.3, -0.25) is 0 Å². The molecule has 0 spiro atoms. The van der Waals surface area contributed by atoms with E-state index in [2.05, 4.69) is 10.5 Å². The van der Waals surface area contributed by atoms with E-state index < -0.39 is 5.97 Å². The van der Waals surface area contributed by atoms with Crippen LogP contribution in [0.2, 0.25) is 5.02 Å². The van der Waals surface area contributed by atoms with Crippen LogP contribution in [0.4, 0.5) is 5.88 Å². The summed E-state index contributed by atoms with van der Waals surface area (Å²) in [5.74, 6) is -0.173. The maximum absolute atomic E-state index is 12.0. The van der Waals surface area contributed by atoms with Gasteiger partial charge in [0, 0.05) is 16.6 Å². The molecule has 2 rings (SSSR count). The lowest BCUT2D eigenvalue weighted by molar-refractivity contribution is 0.0602. The molecule has 1 aromatic carbocycles. The molecule has 0 aliphatic heterocycles. The number of nitrogens with one attached hydrogen (secondary N) is 1. The predicted molar refractivity (Wildman–Crippen MR) is 81.7 cm³/mol. The average Bonchev–Trinajstić information content (AvgIpc) is 2.90.